The maximum atomic E-state index is 5.38. The normalized spacial score (nSPS) is 11.2. The highest BCUT2D eigenvalue weighted by Crippen LogP contribution is 2.36. The van der Waals surface area contributed by atoms with Gasteiger partial charge in [-0.05, 0) is 46.1 Å². The quantitative estimate of drug-likeness (QED) is 0.568. The van der Waals surface area contributed by atoms with Gasteiger partial charge in [0.15, 0.2) is 17.5 Å². The standard InChI is InChI=1S/C19H24BrN3O2/c1-13-5-7-14(8-6-13)11-22-19(21-2)23-12-15-9-16(20)18(25-4)17(10-15)24-3/h5-10H,11-12H2,1-4H3,(H2,21,22,23). The molecule has 0 aliphatic heterocycles. The fourth-order valence-electron chi connectivity index (χ4n) is 2.37. The Morgan fingerprint density at radius 3 is 2.20 bits per heavy atom. The summed E-state index contributed by atoms with van der Waals surface area (Å²) in [5.74, 6) is 2.12. The van der Waals surface area contributed by atoms with Crippen LogP contribution in [-0.2, 0) is 13.1 Å². The highest BCUT2D eigenvalue weighted by Gasteiger charge is 2.10. The fourth-order valence-corrected chi connectivity index (χ4v) is 3.02. The largest absolute Gasteiger partial charge is 0.493 e. The maximum Gasteiger partial charge on any atom is 0.191 e. The summed E-state index contributed by atoms with van der Waals surface area (Å²) < 4.78 is 11.6. The van der Waals surface area contributed by atoms with Crippen LogP contribution in [0.15, 0.2) is 45.9 Å². The second-order valence-corrected chi connectivity index (χ2v) is 6.43. The SMILES string of the molecule is CN=C(NCc1ccc(C)cc1)NCc1cc(Br)c(OC)c(OC)c1. The Morgan fingerprint density at radius 1 is 1.00 bits per heavy atom. The van der Waals surface area contributed by atoms with Crippen molar-refractivity contribution in [1.29, 1.82) is 0 Å². The van der Waals surface area contributed by atoms with Gasteiger partial charge in [0.25, 0.3) is 0 Å². The highest BCUT2D eigenvalue weighted by molar-refractivity contribution is 9.10. The molecule has 0 heterocycles. The first-order valence-corrected chi connectivity index (χ1v) is 8.77. The van der Waals surface area contributed by atoms with Crippen molar-refractivity contribution in [3.8, 4) is 11.5 Å². The molecule has 0 aromatic heterocycles. The predicted molar refractivity (Wildman–Crippen MR) is 105 cm³/mol. The number of guanidine groups is 1. The summed E-state index contributed by atoms with van der Waals surface area (Å²) >= 11 is 3.51. The molecule has 2 aromatic carbocycles. The second-order valence-electron chi connectivity index (χ2n) is 5.58. The van der Waals surface area contributed by atoms with Gasteiger partial charge in [0.05, 0.1) is 18.7 Å². The summed E-state index contributed by atoms with van der Waals surface area (Å²) in [5.41, 5.74) is 3.52. The lowest BCUT2D eigenvalue weighted by Gasteiger charge is -2.15. The van der Waals surface area contributed by atoms with Crippen LogP contribution in [0, 0.1) is 6.92 Å². The molecular formula is C19H24BrN3O2. The van der Waals surface area contributed by atoms with Crippen molar-refractivity contribution in [3.05, 3.63) is 57.6 Å². The maximum absolute atomic E-state index is 5.38. The molecule has 25 heavy (non-hydrogen) atoms. The van der Waals surface area contributed by atoms with Crippen molar-refractivity contribution in [2.45, 2.75) is 20.0 Å². The van der Waals surface area contributed by atoms with Gasteiger partial charge in [-0.3, -0.25) is 4.99 Å². The zero-order valence-electron chi connectivity index (χ0n) is 15.0. The van der Waals surface area contributed by atoms with Gasteiger partial charge in [0, 0.05) is 20.1 Å². The van der Waals surface area contributed by atoms with Gasteiger partial charge in [0.1, 0.15) is 0 Å². The first-order chi connectivity index (χ1) is 12.1. The van der Waals surface area contributed by atoms with Crippen LogP contribution in [0.3, 0.4) is 0 Å². The summed E-state index contributed by atoms with van der Waals surface area (Å²) in [6.45, 7) is 3.42. The Morgan fingerprint density at radius 2 is 1.64 bits per heavy atom. The van der Waals surface area contributed by atoms with Crippen LogP contribution in [-0.4, -0.2) is 27.2 Å². The van der Waals surface area contributed by atoms with Crippen molar-refractivity contribution >= 4 is 21.9 Å². The minimum Gasteiger partial charge on any atom is -0.493 e. The Kier molecular flexibility index (Phi) is 7.13. The van der Waals surface area contributed by atoms with Crippen molar-refractivity contribution < 1.29 is 9.47 Å². The Labute approximate surface area is 157 Å². The van der Waals surface area contributed by atoms with E-state index in [-0.39, 0.29) is 0 Å². The second kappa shape index (κ2) is 9.32. The molecule has 6 heteroatoms. The highest BCUT2D eigenvalue weighted by atomic mass is 79.9. The summed E-state index contributed by atoms with van der Waals surface area (Å²) in [6.07, 6.45) is 0. The number of ether oxygens (including phenoxy) is 2. The molecule has 2 rings (SSSR count). The number of nitrogens with one attached hydrogen (secondary N) is 2. The van der Waals surface area contributed by atoms with Crippen LogP contribution < -0.4 is 20.1 Å². The van der Waals surface area contributed by atoms with Gasteiger partial charge in [-0.1, -0.05) is 29.8 Å². The molecule has 0 bridgehead atoms. The number of methoxy groups -OCH3 is 2. The Bertz CT molecular complexity index is 730. The van der Waals surface area contributed by atoms with Crippen LogP contribution in [0.4, 0.5) is 0 Å². The third kappa shape index (κ3) is 5.39. The molecule has 2 N–H and O–H groups in total. The van der Waals surface area contributed by atoms with Crippen molar-refractivity contribution in [2.24, 2.45) is 4.99 Å². The van der Waals surface area contributed by atoms with E-state index in [0.717, 1.165) is 22.5 Å². The van der Waals surface area contributed by atoms with E-state index in [9.17, 15) is 0 Å². The molecule has 0 aliphatic carbocycles. The van der Waals surface area contributed by atoms with Crippen molar-refractivity contribution in [1.82, 2.24) is 10.6 Å². The molecule has 134 valence electrons. The first-order valence-electron chi connectivity index (χ1n) is 7.97. The minimum absolute atomic E-state index is 0.618. The van der Waals surface area contributed by atoms with Crippen LogP contribution in [0.1, 0.15) is 16.7 Å². The first kappa shape index (κ1) is 19.1. The molecule has 0 amide bonds. The lowest BCUT2D eigenvalue weighted by Crippen LogP contribution is -2.36. The molecule has 0 spiro atoms. The van der Waals surface area contributed by atoms with Crippen LogP contribution >= 0.6 is 15.9 Å². The molecule has 0 unspecified atom stereocenters. The average molecular weight is 406 g/mol. The lowest BCUT2D eigenvalue weighted by atomic mass is 10.1. The van der Waals surface area contributed by atoms with Crippen LogP contribution in [0.2, 0.25) is 0 Å². The number of benzene rings is 2. The Balaban J connectivity index is 1.96. The number of hydrogen-bond acceptors (Lipinski definition) is 3. The Hall–Kier alpha value is -2.21. The predicted octanol–water partition coefficient (Wildman–Crippen LogP) is 3.64. The fraction of sp³-hybridized carbons (Fsp3) is 0.316. The molecule has 0 aliphatic rings. The summed E-state index contributed by atoms with van der Waals surface area (Å²) in [7, 11) is 5.01. The number of rotatable bonds is 6. The van der Waals surface area contributed by atoms with Gasteiger partial charge in [-0.2, -0.15) is 0 Å². The monoisotopic (exact) mass is 405 g/mol. The lowest BCUT2D eigenvalue weighted by molar-refractivity contribution is 0.352. The topological polar surface area (TPSA) is 54.9 Å². The third-order valence-corrected chi connectivity index (χ3v) is 4.35. The van der Waals surface area contributed by atoms with Crippen LogP contribution in [0.25, 0.3) is 0 Å². The van der Waals surface area contributed by atoms with E-state index in [1.54, 1.807) is 21.3 Å². The van der Waals surface area contributed by atoms with E-state index in [2.05, 4.69) is 62.7 Å². The van der Waals surface area contributed by atoms with Crippen molar-refractivity contribution in [2.75, 3.05) is 21.3 Å². The molecule has 2 aromatic rings. The number of aliphatic imine (C=N–C) groups is 1. The molecule has 0 fully saturated rings. The van der Waals surface area contributed by atoms with Gasteiger partial charge in [-0.15, -0.1) is 0 Å². The number of nitrogens with zero attached hydrogens (tertiary/aromatic N) is 1. The van der Waals surface area contributed by atoms with E-state index < -0.39 is 0 Å². The van der Waals surface area contributed by atoms with E-state index in [0.29, 0.717) is 18.0 Å². The molecule has 0 radical (unpaired) electrons. The summed E-state index contributed by atoms with van der Waals surface area (Å²) in [5, 5.41) is 6.62. The van der Waals surface area contributed by atoms with Gasteiger partial charge >= 0.3 is 0 Å². The molecule has 0 atom stereocenters. The average Bonchev–Trinajstić information content (AvgIpc) is 2.62. The summed E-state index contributed by atoms with van der Waals surface area (Å²) in [6, 6.07) is 12.4. The van der Waals surface area contributed by atoms with E-state index in [1.165, 1.54) is 11.1 Å². The van der Waals surface area contributed by atoms with E-state index in [4.69, 9.17) is 9.47 Å². The van der Waals surface area contributed by atoms with E-state index >= 15 is 0 Å². The number of aryl methyl sites for hydroxylation is 1. The summed E-state index contributed by atoms with van der Waals surface area (Å²) in [4.78, 5) is 4.26. The van der Waals surface area contributed by atoms with Gasteiger partial charge in [-0.25, -0.2) is 0 Å². The molecule has 0 saturated carbocycles. The zero-order chi connectivity index (χ0) is 18.2. The minimum atomic E-state index is 0.618. The molecule has 5 nitrogen and oxygen atoms in total. The number of halogens is 1. The van der Waals surface area contributed by atoms with E-state index in [1.807, 2.05) is 12.1 Å². The van der Waals surface area contributed by atoms with Crippen molar-refractivity contribution in [3.63, 3.8) is 0 Å². The smallest absolute Gasteiger partial charge is 0.191 e. The zero-order valence-corrected chi connectivity index (χ0v) is 16.6. The molecular weight excluding hydrogens is 382 g/mol. The number of hydrogen-bond donors (Lipinski definition) is 2. The van der Waals surface area contributed by atoms with Gasteiger partial charge < -0.3 is 20.1 Å². The van der Waals surface area contributed by atoms with Crippen LogP contribution in [0.5, 0.6) is 11.5 Å². The molecule has 0 saturated heterocycles. The third-order valence-electron chi connectivity index (χ3n) is 3.76. The van der Waals surface area contributed by atoms with Gasteiger partial charge in [0.2, 0.25) is 0 Å².